The van der Waals surface area contributed by atoms with E-state index in [1.54, 1.807) is 37.3 Å². The number of ketones is 1. The molecule has 0 N–H and O–H groups in total. The monoisotopic (exact) mass is 428 g/mol. The minimum absolute atomic E-state index is 0.0952. The number of β-lactam (4-membered cyclic amide) rings is 1. The molecule has 1 aromatic rings. The summed E-state index contributed by atoms with van der Waals surface area (Å²) in [4.78, 5) is 64.6. The zero-order valence-corrected chi connectivity index (χ0v) is 17.1. The lowest BCUT2D eigenvalue weighted by molar-refractivity contribution is -0.168. The number of imide groups is 1. The fourth-order valence-electron chi connectivity index (χ4n) is 3.83. The second-order valence-corrected chi connectivity index (χ2v) is 8.46. The lowest BCUT2D eigenvalue weighted by Crippen LogP contribution is -2.72. The summed E-state index contributed by atoms with van der Waals surface area (Å²) in [6, 6.07) is 7.58. The standard InChI is InChI=1S/C21H20N2O6S/c1-12-11-30-20-18(22-15(25)8-5-9-16(22)26)19(27)23(20)17(12)21(28)29-10-14(24)13-6-3-2-4-7-13/h2-4,6-7,18,20H,5,8-11H2,1H3/t18?,20-/m1/s1. The summed E-state index contributed by atoms with van der Waals surface area (Å²) in [6.07, 6.45) is 0.958. The van der Waals surface area contributed by atoms with E-state index < -0.39 is 29.9 Å². The molecule has 3 amide bonds. The van der Waals surface area contributed by atoms with Crippen LogP contribution in [0.15, 0.2) is 41.6 Å². The highest BCUT2D eigenvalue weighted by atomic mass is 32.2. The van der Waals surface area contributed by atoms with Gasteiger partial charge in [-0.1, -0.05) is 30.3 Å². The summed E-state index contributed by atoms with van der Waals surface area (Å²) in [5.41, 5.74) is 1.17. The number of likely N-dealkylation sites (tertiary alicyclic amines) is 1. The van der Waals surface area contributed by atoms with E-state index in [4.69, 9.17) is 4.74 Å². The summed E-state index contributed by atoms with van der Waals surface area (Å²) in [5.74, 6) is -1.83. The highest BCUT2D eigenvalue weighted by molar-refractivity contribution is 8.00. The number of carbonyl (C=O) groups is 5. The predicted octanol–water partition coefficient (Wildman–Crippen LogP) is 1.51. The van der Waals surface area contributed by atoms with Crippen molar-refractivity contribution in [3.05, 3.63) is 47.2 Å². The van der Waals surface area contributed by atoms with Gasteiger partial charge in [0.1, 0.15) is 17.1 Å². The van der Waals surface area contributed by atoms with Crippen molar-refractivity contribution in [3.63, 3.8) is 0 Å². The van der Waals surface area contributed by atoms with Crippen molar-refractivity contribution in [1.82, 2.24) is 9.80 Å². The molecule has 4 rings (SSSR count). The van der Waals surface area contributed by atoms with E-state index in [-0.39, 0.29) is 36.1 Å². The van der Waals surface area contributed by atoms with Gasteiger partial charge in [0.15, 0.2) is 12.4 Å². The Morgan fingerprint density at radius 1 is 1.07 bits per heavy atom. The highest BCUT2D eigenvalue weighted by Crippen LogP contribution is 2.43. The van der Waals surface area contributed by atoms with Gasteiger partial charge in [-0.15, -0.1) is 11.8 Å². The summed E-state index contributed by atoms with van der Waals surface area (Å²) >= 11 is 1.40. The Labute approximate surface area is 177 Å². The number of rotatable bonds is 5. The molecule has 0 spiro atoms. The van der Waals surface area contributed by atoms with Crippen molar-refractivity contribution < 1.29 is 28.7 Å². The van der Waals surface area contributed by atoms with Crippen LogP contribution in [0, 0.1) is 0 Å². The molecule has 3 aliphatic heterocycles. The van der Waals surface area contributed by atoms with Gasteiger partial charge in [0.2, 0.25) is 11.8 Å². The molecule has 0 aliphatic carbocycles. The summed E-state index contributed by atoms with van der Waals surface area (Å²) < 4.78 is 5.20. The molecule has 1 aromatic carbocycles. The fourth-order valence-corrected chi connectivity index (χ4v) is 5.17. The molecule has 2 saturated heterocycles. The number of ether oxygens (including phenoxy) is 1. The van der Waals surface area contributed by atoms with Gasteiger partial charge in [-0.3, -0.25) is 29.0 Å². The van der Waals surface area contributed by atoms with Gasteiger partial charge in [-0.2, -0.15) is 0 Å². The van der Waals surface area contributed by atoms with E-state index in [1.165, 1.54) is 16.7 Å². The second-order valence-electron chi connectivity index (χ2n) is 7.36. The van der Waals surface area contributed by atoms with Crippen LogP contribution in [0.1, 0.15) is 36.5 Å². The first kappa shape index (κ1) is 20.3. The van der Waals surface area contributed by atoms with Crippen LogP contribution in [0.4, 0.5) is 0 Å². The first-order valence-electron chi connectivity index (χ1n) is 9.65. The summed E-state index contributed by atoms with van der Waals surface area (Å²) in [5, 5.41) is -0.514. The number of amides is 3. The highest BCUT2D eigenvalue weighted by Gasteiger charge is 2.58. The van der Waals surface area contributed by atoms with E-state index in [2.05, 4.69) is 0 Å². The third-order valence-electron chi connectivity index (χ3n) is 5.35. The van der Waals surface area contributed by atoms with Crippen LogP contribution in [0.5, 0.6) is 0 Å². The Kier molecular flexibility index (Phi) is 5.46. The van der Waals surface area contributed by atoms with Crippen molar-refractivity contribution in [2.75, 3.05) is 12.4 Å². The number of hydrogen-bond acceptors (Lipinski definition) is 7. The number of fused-ring (bicyclic) bond motifs is 1. The van der Waals surface area contributed by atoms with Gasteiger partial charge < -0.3 is 4.74 Å². The van der Waals surface area contributed by atoms with Crippen LogP contribution >= 0.6 is 11.8 Å². The maximum Gasteiger partial charge on any atom is 0.355 e. The molecule has 156 valence electrons. The van der Waals surface area contributed by atoms with Crippen LogP contribution in [-0.2, 0) is 23.9 Å². The SMILES string of the molecule is CC1=C(C(=O)OCC(=O)c2ccccc2)N2C(=O)C(N3C(=O)CCCC3=O)[C@H]2SC1. The minimum atomic E-state index is -0.892. The minimum Gasteiger partial charge on any atom is -0.453 e. The quantitative estimate of drug-likeness (QED) is 0.303. The maximum atomic E-state index is 12.9. The predicted molar refractivity (Wildman–Crippen MR) is 107 cm³/mol. The van der Waals surface area contributed by atoms with Crippen LogP contribution in [0.3, 0.4) is 0 Å². The Morgan fingerprint density at radius 2 is 1.73 bits per heavy atom. The molecule has 2 fully saturated rings. The molecule has 3 heterocycles. The normalized spacial score (nSPS) is 23.8. The van der Waals surface area contributed by atoms with Gasteiger partial charge in [-0.05, 0) is 18.9 Å². The van der Waals surface area contributed by atoms with E-state index >= 15 is 0 Å². The Hall–Kier alpha value is -2.94. The second kappa shape index (κ2) is 8.06. The molecule has 0 aromatic heterocycles. The Bertz CT molecular complexity index is 957. The smallest absolute Gasteiger partial charge is 0.355 e. The molecule has 3 aliphatic rings. The summed E-state index contributed by atoms with van der Waals surface area (Å²) in [7, 11) is 0. The number of Topliss-reactive ketones (excluding diaryl/α,β-unsaturated/α-hetero) is 1. The molecule has 1 unspecified atom stereocenters. The molecule has 0 radical (unpaired) electrons. The van der Waals surface area contributed by atoms with Crippen molar-refractivity contribution in [2.24, 2.45) is 0 Å². The Morgan fingerprint density at radius 3 is 2.40 bits per heavy atom. The third-order valence-corrected chi connectivity index (χ3v) is 6.76. The van der Waals surface area contributed by atoms with Gasteiger partial charge in [0.05, 0.1) is 0 Å². The van der Waals surface area contributed by atoms with E-state index in [9.17, 15) is 24.0 Å². The number of thioether (sulfide) groups is 1. The number of benzene rings is 1. The number of esters is 1. The number of nitrogens with zero attached hydrogens (tertiary/aromatic N) is 2. The topological polar surface area (TPSA) is 101 Å². The molecule has 0 saturated carbocycles. The zero-order valence-electron chi connectivity index (χ0n) is 16.3. The van der Waals surface area contributed by atoms with Gasteiger partial charge >= 0.3 is 5.97 Å². The van der Waals surface area contributed by atoms with Gasteiger partial charge in [0.25, 0.3) is 5.91 Å². The van der Waals surface area contributed by atoms with Gasteiger partial charge in [-0.25, -0.2) is 4.79 Å². The number of piperidine rings is 1. The zero-order chi connectivity index (χ0) is 21.4. The lowest BCUT2D eigenvalue weighted by Gasteiger charge is -2.52. The molecule has 9 heteroatoms. The van der Waals surface area contributed by atoms with Crippen molar-refractivity contribution in [2.45, 2.75) is 37.6 Å². The summed E-state index contributed by atoms with van der Waals surface area (Å²) in [6.45, 7) is 1.28. The largest absolute Gasteiger partial charge is 0.453 e. The van der Waals surface area contributed by atoms with Crippen molar-refractivity contribution in [3.8, 4) is 0 Å². The molecular formula is C21H20N2O6S. The van der Waals surface area contributed by atoms with Crippen LogP contribution < -0.4 is 0 Å². The molecule has 30 heavy (non-hydrogen) atoms. The number of carbonyl (C=O) groups excluding carboxylic acids is 5. The average molecular weight is 428 g/mol. The van der Waals surface area contributed by atoms with Crippen molar-refractivity contribution >= 4 is 41.2 Å². The van der Waals surface area contributed by atoms with E-state index in [0.717, 1.165) is 4.90 Å². The average Bonchev–Trinajstić information content (AvgIpc) is 2.75. The van der Waals surface area contributed by atoms with Crippen LogP contribution in [0.25, 0.3) is 0 Å². The van der Waals surface area contributed by atoms with Gasteiger partial charge in [0, 0.05) is 24.2 Å². The third kappa shape index (κ3) is 3.43. The van der Waals surface area contributed by atoms with E-state index in [0.29, 0.717) is 23.3 Å². The first-order valence-corrected chi connectivity index (χ1v) is 10.7. The van der Waals surface area contributed by atoms with E-state index in [1.807, 2.05) is 0 Å². The lowest BCUT2D eigenvalue weighted by atomic mass is 9.98. The van der Waals surface area contributed by atoms with Crippen LogP contribution in [0.2, 0.25) is 0 Å². The first-order chi connectivity index (χ1) is 14.4. The molecular weight excluding hydrogens is 408 g/mol. The Balaban J connectivity index is 1.47. The molecule has 0 bridgehead atoms. The van der Waals surface area contributed by atoms with Crippen LogP contribution in [-0.4, -0.2) is 63.0 Å². The molecule has 8 nitrogen and oxygen atoms in total. The van der Waals surface area contributed by atoms with Crippen molar-refractivity contribution in [1.29, 1.82) is 0 Å². The maximum absolute atomic E-state index is 12.9. The fraction of sp³-hybridized carbons (Fsp3) is 0.381. The number of hydrogen-bond donors (Lipinski definition) is 0. The molecule has 2 atom stereocenters.